The molecule has 0 radical (unpaired) electrons. The molecule has 2 aromatic rings. The number of carbonyl (C=O) groups is 2. The van der Waals surface area contributed by atoms with Crippen LogP contribution >= 0.6 is 0 Å². The Labute approximate surface area is 152 Å². The molecule has 0 atom stereocenters. The highest BCUT2D eigenvalue weighted by Gasteiger charge is 2.30. The first kappa shape index (κ1) is 16.8. The van der Waals surface area contributed by atoms with Gasteiger partial charge in [0.25, 0.3) is 11.8 Å². The van der Waals surface area contributed by atoms with E-state index in [1.807, 2.05) is 36.1 Å². The van der Waals surface area contributed by atoms with Crippen molar-refractivity contribution in [3.05, 3.63) is 52.9 Å². The van der Waals surface area contributed by atoms with Gasteiger partial charge >= 0.3 is 0 Å². The number of hydrogen-bond acceptors (Lipinski definition) is 4. The molecule has 2 aliphatic rings. The number of nitrogens with one attached hydrogen (secondary N) is 1. The summed E-state index contributed by atoms with van der Waals surface area (Å²) >= 11 is 0. The molecule has 136 valence electrons. The lowest BCUT2D eigenvalue weighted by Gasteiger charge is -2.32. The van der Waals surface area contributed by atoms with Crippen molar-refractivity contribution in [2.45, 2.75) is 44.6 Å². The van der Waals surface area contributed by atoms with E-state index in [-0.39, 0.29) is 17.9 Å². The highest BCUT2D eigenvalue weighted by Crippen LogP contribution is 2.40. The minimum absolute atomic E-state index is 0.0559. The highest BCUT2D eigenvalue weighted by molar-refractivity contribution is 5.94. The number of benzene rings is 1. The van der Waals surface area contributed by atoms with Gasteiger partial charge in [0.05, 0.1) is 0 Å². The molecule has 1 saturated heterocycles. The van der Waals surface area contributed by atoms with Crippen molar-refractivity contribution in [2.75, 3.05) is 13.1 Å². The molecule has 0 unspecified atom stereocenters. The Morgan fingerprint density at radius 2 is 1.81 bits per heavy atom. The normalized spacial score (nSPS) is 18.0. The third kappa shape index (κ3) is 3.64. The number of nitrogens with zero attached hydrogens (tertiary/aromatic N) is 2. The molecule has 1 aromatic heterocycles. The van der Waals surface area contributed by atoms with E-state index in [9.17, 15) is 9.59 Å². The van der Waals surface area contributed by atoms with Gasteiger partial charge in [-0.05, 0) is 44.7 Å². The third-order valence-corrected chi connectivity index (χ3v) is 5.16. The van der Waals surface area contributed by atoms with Crippen LogP contribution in [-0.4, -0.2) is 41.0 Å². The topological polar surface area (TPSA) is 75.4 Å². The molecule has 2 heterocycles. The standard InChI is InChI=1S/C20H23N3O3/c1-13-2-4-15(5-3-13)20(25)23-10-8-16(9-11-23)21-19(24)17-12-18(26-22-17)14-6-7-14/h2-5,12,14,16H,6-11H2,1H3,(H,21,24). The Morgan fingerprint density at radius 1 is 1.12 bits per heavy atom. The van der Waals surface area contributed by atoms with Crippen LogP contribution in [0.4, 0.5) is 0 Å². The van der Waals surface area contributed by atoms with E-state index in [1.54, 1.807) is 6.07 Å². The lowest BCUT2D eigenvalue weighted by atomic mass is 10.0. The molecule has 2 fully saturated rings. The van der Waals surface area contributed by atoms with Gasteiger partial charge in [0.2, 0.25) is 0 Å². The summed E-state index contributed by atoms with van der Waals surface area (Å²) in [5, 5.41) is 6.90. The Hall–Kier alpha value is -2.63. The van der Waals surface area contributed by atoms with Gasteiger partial charge < -0.3 is 14.7 Å². The van der Waals surface area contributed by atoms with E-state index in [4.69, 9.17) is 4.52 Å². The number of piperidine rings is 1. The van der Waals surface area contributed by atoms with E-state index in [0.29, 0.717) is 30.3 Å². The monoisotopic (exact) mass is 353 g/mol. The van der Waals surface area contributed by atoms with Crippen molar-refractivity contribution >= 4 is 11.8 Å². The van der Waals surface area contributed by atoms with Crippen LogP contribution in [0.5, 0.6) is 0 Å². The Bertz CT molecular complexity index is 800. The zero-order valence-corrected chi connectivity index (χ0v) is 14.9. The SMILES string of the molecule is Cc1ccc(C(=O)N2CCC(NC(=O)c3cc(C4CC4)on3)CC2)cc1. The number of rotatable bonds is 4. The number of amides is 2. The van der Waals surface area contributed by atoms with Crippen LogP contribution in [0.3, 0.4) is 0 Å². The van der Waals surface area contributed by atoms with Gasteiger partial charge in [-0.1, -0.05) is 22.9 Å². The zero-order chi connectivity index (χ0) is 18.1. The molecule has 6 heteroatoms. The fourth-order valence-corrected chi connectivity index (χ4v) is 3.32. The first-order valence-corrected chi connectivity index (χ1v) is 9.23. The summed E-state index contributed by atoms with van der Waals surface area (Å²) in [6, 6.07) is 9.46. The smallest absolute Gasteiger partial charge is 0.273 e. The molecule has 0 spiro atoms. The van der Waals surface area contributed by atoms with Gasteiger partial charge in [0.1, 0.15) is 5.76 Å². The lowest BCUT2D eigenvalue weighted by molar-refractivity contribution is 0.0697. The van der Waals surface area contributed by atoms with E-state index < -0.39 is 0 Å². The third-order valence-electron chi connectivity index (χ3n) is 5.16. The lowest BCUT2D eigenvalue weighted by Crippen LogP contribution is -2.46. The van der Waals surface area contributed by atoms with Crippen LogP contribution in [0.15, 0.2) is 34.9 Å². The molecule has 26 heavy (non-hydrogen) atoms. The van der Waals surface area contributed by atoms with Crippen LogP contribution in [0.1, 0.15) is 63.8 Å². The van der Waals surface area contributed by atoms with Gasteiger partial charge in [-0.3, -0.25) is 9.59 Å². The maximum absolute atomic E-state index is 12.6. The first-order valence-electron chi connectivity index (χ1n) is 9.23. The van der Waals surface area contributed by atoms with Crippen molar-refractivity contribution in [1.29, 1.82) is 0 Å². The van der Waals surface area contributed by atoms with E-state index in [0.717, 1.165) is 37.0 Å². The highest BCUT2D eigenvalue weighted by atomic mass is 16.5. The summed E-state index contributed by atoms with van der Waals surface area (Å²) in [6.45, 7) is 3.29. The summed E-state index contributed by atoms with van der Waals surface area (Å²) in [5.74, 6) is 1.12. The molecule has 1 aliphatic carbocycles. The first-order chi connectivity index (χ1) is 12.6. The number of carbonyl (C=O) groups excluding carboxylic acids is 2. The molecule has 1 saturated carbocycles. The minimum atomic E-state index is -0.191. The fraction of sp³-hybridized carbons (Fsp3) is 0.450. The average molecular weight is 353 g/mol. The predicted octanol–water partition coefficient (Wildman–Crippen LogP) is 2.90. The van der Waals surface area contributed by atoms with Gasteiger partial charge in [-0.2, -0.15) is 0 Å². The van der Waals surface area contributed by atoms with Crippen molar-refractivity contribution in [2.24, 2.45) is 0 Å². The van der Waals surface area contributed by atoms with Crippen molar-refractivity contribution < 1.29 is 14.1 Å². The molecule has 6 nitrogen and oxygen atoms in total. The van der Waals surface area contributed by atoms with Crippen LogP contribution in [-0.2, 0) is 0 Å². The Balaban J connectivity index is 1.29. The zero-order valence-electron chi connectivity index (χ0n) is 14.9. The second-order valence-corrected chi connectivity index (χ2v) is 7.29. The molecule has 4 rings (SSSR count). The second-order valence-electron chi connectivity index (χ2n) is 7.29. The van der Waals surface area contributed by atoms with Crippen molar-refractivity contribution in [3.63, 3.8) is 0 Å². The second kappa shape index (κ2) is 6.94. The van der Waals surface area contributed by atoms with Crippen LogP contribution in [0.2, 0.25) is 0 Å². The summed E-state index contributed by atoms with van der Waals surface area (Å²) in [4.78, 5) is 26.7. The maximum atomic E-state index is 12.6. The van der Waals surface area contributed by atoms with Crippen molar-refractivity contribution in [1.82, 2.24) is 15.4 Å². The molecule has 0 bridgehead atoms. The summed E-state index contributed by atoms with van der Waals surface area (Å²) in [5.41, 5.74) is 2.21. The number of likely N-dealkylation sites (tertiary alicyclic amines) is 1. The quantitative estimate of drug-likeness (QED) is 0.917. The molecular weight excluding hydrogens is 330 g/mol. The Kier molecular flexibility index (Phi) is 4.49. The van der Waals surface area contributed by atoms with E-state index >= 15 is 0 Å². The summed E-state index contributed by atoms with van der Waals surface area (Å²) in [6.07, 6.45) is 3.72. The van der Waals surface area contributed by atoms with E-state index in [1.165, 1.54) is 0 Å². The molecular formula is C20H23N3O3. The summed E-state index contributed by atoms with van der Waals surface area (Å²) < 4.78 is 5.24. The van der Waals surface area contributed by atoms with Crippen LogP contribution in [0.25, 0.3) is 0 Å². The van der Waals surface area contributed by atoms with E-state index in [2.05, 4.69) is 10.5 Å². The number of aryl methyl sites for hydroxylation is 1. The van der Waals surface area contributed by atoms with Gasteiger partial charge in [-0.25, -0.2) is 0 Å². The largest absolute Gasteiger partial charge is 0.360 e. The molecule has 2 amide bonds. The fourth-order valence-electron chi connectivity index (χ4n) is 3.32. The Morgan fingerprint density at radius 3 is 2.46 bits per heavy atom. The van der Waals surface area contributed by atoms with Gasteiger partial charge in [0, 0.05) is 36.7 Å². The van der Waals surface area contributed by atoms with Crippen LogP contribution in [0, 0.1) is 6.92 Å². The van der Waals surface area contributed by atoms with Gasteiger partial charge in [-0.15, -0.1) is 0 Å². The number of aromatic nitrogens is 1. The van der Waals surface area contributed by atoms with Gasteiger partial charge in [0.15, 0.2) is 5.69 Å². The minimum Gasteiger partial charge on any atom is -0.360 e. The van der Waals surface area contributed by atoms with Crippen molar-refractivity contribution in [3.8, 4) is 0 Å². The predicted molar refractivity (Wildman–Crippen MR) is 96.0 cm³/mol. The average Bonchev–Trinajstić information content (AvgIpc) is 3.39. The molecule has 1 aromatic carbocycles. The molecule has 1 aliphatic heterocycles. The molecule has 1 N–H and O–H groups in total. The number of hydrogen-bond donors (Lipinski definition) is 1. The summed E-state index contributed by atoms with van der Waals surface area (Å²) in [7, 11) is 0. The van der Waals surface area contributed by atoms with Crippen LogP contribution < -0.4 is 5.32 Å². The maximum Gasteiger partial charge on any atom is 0.273 e.